The molecule has 4 heterocycles. The van der Waals surface area contributed by atoms with Crippen LogP contribution < -0.4 is 11.0 Å². The van der Waals surface area contributed by atoms with Crippen LogP contribution in [0.5, 0.6) is 0 Å². The van der Waals surface area contributed by atoms with Crippen LogP contribution in [0.25, 0.3) is 11.2 Å². The topological polar surface area (TPSA) is 106 Å². The summed E-state index contributed by atoms with van der Waals surface area (Å²) in [4.78, 5) is 44.9. The highest BCUT2D eigenvalue weighted by atomic mass is 16.2. The molecule has 2 aliphatic rings. The van der Waals surface area contributed by atoms with Crippen molar-refractivity contribution in [3.8, 4) is 0 Å². The molecule has 170 valence electrons. The summed E-state index contributed by atoms with van der Waals surface area (Å²) in [6.45, 7) is 7.87. The molecule has 0 spiro atoms. The van der Waals surface area contributed by atoms with Crippen molar-refractivity contribution in [1.82, 2.24) is 39.1 Å². The highest BCUT2D eigenvalue weighted by Gasteiger charge is 2.28. The Morgan fingerprint density at radius 1 is 1.23 bits per heavy atom. The number of likely N-dealkylation sites (tertiary alicyclic amines) is 1. The molecule has 2 N–H and O–H groups in total. The van der Waals surface area contributed by atoms with Gasteiger partial charge in [-0.3, -0.25) is 24.1 Å². The van der Waals surface area contributed by atoms with E-state index < -0.39 is 0 Å². The molecule has 11 heteroatoms. The van der Waals surface area contributed by atoms with Crippen molar-refractivity contribution in [1.29, 1.82) is 0 Å². The van der Waals surface area contributed by atoms with Crippen molar-refractivity contribution in [3.05, 3.63) is 16.7 Å². The maximum Gasteiger partial charge on any atom is 0.328 e. The van der Waals surface area contributed by atoms with Crippen LogP contribution in [-0.2, 0) is 4.79 Å². The number of aromatic nitrogens is 4. The summed E-state index contributed by atoms with van der Waals surface area (Å²) in [5, 5.41) is 3.27. The summed E-state index contributed by atoms with van der Waals surface area (Å²) in [6.07, 6.45) is 2.53. The number of hydrogen-bond donors (Lipinski definition) is 2. The number of hydrogen-bond acceptors (Lipinski definition) is 8. The Balaban J connectivity index is 1.37. The van der Waals surface area contributed by atoms with Gasteiger partial charge in [0.25, 0.3) is 0 Å². The first-order chi connectivity index (χ1) is 14.9. The molecule has 0 radical (unpaired) electrons. The molecule has 0 bridgehead atoms. The van der Waals surface area contributed by atoms with E-state index in [1.54, 1.807) is 29.8 Å². The van der Waals surface area contributed by atoms with Crippen molar-refractivity contribution < 1.29 is 4.79 Å². The number of carbonyl (C=O) groups is 1. The molecule has 2 saturated heterocycles. The van der Waals surface area contributed by atoms with Crippen molar-refractivity contribution in [3.63, 3.8) is 0 Å². The lowest BCUT2D eigenvalue weighted by Gasteiger charge is -2.32. The van der Waals surface area contributed by atoms with E-state index >= 15 is 0 Å². The summed E-state index contributed by atoms with van der Waals surface area (Å²) in [5.74, 6) is 0.599. The van der Waals surface area contributed by atoms with Gasteiger partial charge in [-0.1, -0.05) is 0 Å². The van der Waals surface area contributed by atoms with E-state index in [-0.39, 0.29) is 17.6 Å². The van der Waals surface area contributed by atoms with Crippen LogP contribution in [0, 0.1) is 0 Å². The van der Waals surface area contributed by atoms with Gasteiger partial charge in [0.15, 0.2) is 5.65 Å². The fourth-order valence-electron chi connectivity index (χ4n) is 4.26. The summed E-state index contributed by atoms with van der Waals surface area (Å²) >= 11 is 0. The average molecular weight is 432 g/mol. The van der Waals surface area contributed by atoms with Crippen molar-refractivity contribution in [2.45, 2.75) is 12.5 Å². The van der Waals surface area contributed by atoms with Gasteiger partial charge in [-0.15, -0.1) is 0 Å². The largest absolute Gasteiger partial charge is 0.353 e. The molecule has 1 amide bonds. The molecule has 2 aliphatic heterocycles. The van der Waals surface area contributed by atoms with Gasteiger partial charge in [-0.2, -0.15) is 4.98 Å². The molecule has 11 nitrogen and oxygen atoms in total. The molecule has 2 fully saturated rings. The molecule has 0 saturated carbocycles. The van der Waals surface area contributed by atoms with E-state index in [1.165, 1.54) is 0 Å². The van der Waals surface area contributed by atoms with Crippen LogP contribution in [0.1, 0.15) is 12.5 Å². The first kappa shape index (κ1) is 21.7. The first-order valence-electron chi connectivity index (χ1n) is 11.0. The van der Waals surface area contributed by atoms with Gasteiger partial charge in [-0.05, 0) is 13.5 Å². The monoisotopic (exact) mass is 431 g/mol. The third kappa shape index (κ3) is 5.05. The fourth-order valence-corrected chi connectivity index (χ4v) is 4.26. The molecule has 2 aromatic rings. The van der Waals surface area contributed by atoms with Crippen LogP contribution in [0.15, 0.2) is 11.0 Å². The number of amides is 1. The van der Waals surface area contributed by atoms with E-state index in [9.17, 15) is 9.59 Å². The summed E-state index contributed by atoms with van der Waals surface area (Å²) < 4.78 is 1.74. The minimum Gasteiger partial charge on any atom is -0.353 e. The Kier molecular flexibility index (Phi) is 6.54. The third-order valence-corrected chi connectivity index (χ3v) is 6.25. The van der Waals surface area contributed by atoms with Gasteiger partial charge in [-0.25, -0.2) is 9.78 Å². The fraction of sp³-hybridized carbons (Fsp3) is 0.700. The normalized spacial score (nSPS) is 21.1. The number of fused-ring (bicyclic) bond motifs is 1. The minimum atomic E-state index is -0.176. The molecule has 0 aliphatic carbocycles. The van der Waals surface area contributed by atoms with Gasteiger partial charge in [0, 0.05) is 66.5 Å². The quantitative estimate of drug-likeness (QED) is 0.582. The average Bonchev–Trinajstić information content (AvgIpc) is 3.31. The number of aromatic amines is 1. The highest BCUT2D eigenvalue weighted by Crippen LogP contribution is 2.23. The Hall–Kier alpha value is -2.50. The van der Waals surface area contributed by atoms with E-state index in [0.717, 1.165) is 52.2 Å². The predicted molar refractivity (Wildman–Crippen MR) is 119 cm³/mol. The predicted octanol–water partition coefficient (Wildman–Crippen LogP) is -0.886. The first-order valence-corrected chi connectivity index (χ1v) is 11.0. The summed E-state index contributed by atoms with van der Waals surface area (Å²) in [5.41, 5.74) is 1.08. The van der Waals surface area contributed by atoms with Crippen molar-refractivity contribution in [2.24, 2.45) is 0 Å². The van der Waals surface area contributed by atoms with Crippen molar-refractivity contribution >= 4 is 23.0 Å². The Bertz CT molecular complexity index is 961. The lowest BCUT2D eigenvalue weighted by Crippen LogP contribution is -2.45. The Labute approximate surface area is 182 Å². The van der Waals surface area contributed by atoms with Crippen LogP contribution in [0.4, 0.5) is 5.95 Å². The van der Waals surface area contributed by atoms with Crippen LogP contribution >= 0.6 is 0 Å². The second kappa shape index (κ2) is 9.33. The third-order valence-electron chi connectivity index (χ3n) is 6.25. The van der Waals surface area contributed by atoms with E-state index in [1.807, 2.05) is 0 Å². The number of nitrogens with one attached hydrogen (secondary N) is 2. The van der Waals surface area contributed by atoms with Gasteiger partial charge < -0.3 is 15.1 Å². The lowest BCUT2D eigenvalue weighted by molar-refractivity contribution is -0.129. The summed E-state index contributed by atoms with van der Waals surface area (Å²) in [7, 11) is 5.67. The van der Waals surface area contributed by atoms with Gasteiger partial charge in [0.2, 0.25) is 11.9 Å². The molecular weight excluding hydrogens is 398 g/mol. The van der Waals surface area contributed by atoms with E-state index in [2.05, 4.69) is 42.0 Å². The number of likely N-dealkylation sites (N-methyl/N-ethyl adjacent to an activating group) is 2. The van der Waals surface area contributed by atoms with E-state index in [4.69, 9.17) is 0 Å². The second-order valence-corrected chi connectivity index (χ2v) is 8.77. The molecule has 1 unspecified atom stereocenters. The van der Waals surface area contributed by atoms with Gasteiger partial charge in [0.1, 0.15) is 5.52 Å². The standard InChI is InChI=1S/C20H33N9O2/c1-25(2)17(30)14-28-6-4-15(13-28)29-16-12-22-19(23-18(16)24-20(29)31)21-5-7-27-10-8-26(3)9-11-27/h12,15H,4-11,13-14H2,1-3H3,(H2,21,22,23,24,31). The number of anilines is 1. The number of piperazine rings is 1. The maximum absolute atomic E-state index is 12.6. The minimum absolute atomic E-state index is 0.0101. The zero-order valence-corrected chi connectivity index (χ0v) is 18.7. The SMILES string of the molecule is CN1CCN(CCNc2ncc3c(n2)[nH]c(=O)n3C2CCN(CC(=O)N(C)C)C2)CC1. The highest BCUT2D eigenvalue weighted by molar-refractivity contribution is 5.77. The molecule has 2 aromatic heterocycles. The Morgan fingerprint density at radius 3 is 2.74 bits per heavy atom. The van der Waals surface area contributed by atoms with Crippen LogP contribution in [-0.4, -0.2) is 125 Å². The summed E-state index contributed by atoms with van der Waals surface area (Å²) in [6, 6.07) is 0.0101. The van der Waals surface area contributed by atoms with Crippen molar-refractivity contribution in [2.75, 3.05) is 85.4 Å². The van der Waals surface area contributed by atoms with Gasteiger partial charge in [0.05, 0.1) is 18.8 Å². The number of carbonyl (C=O) groups excluding carboxylic acids is 1. The Morgan fingerprint density at radius 2 is 2.00 bits per heavy atom. The number of H-pyrrole nitrogens is 1. The maximum atomic E-state index is 12.6. The lowest BCUT2D eigenvalue weighted by atomic mass is 10.2. The number of rotatable bonds is 7. The zero-order valence-electron chi connectivity index (χ0n) is 18.7. The second-order valence-electron chi connectivity index (χ2n) is 8.77. The number of imidazole rings is 1. The smallest absolute Gasteiger partial charge is 0.328 e. The molecule has 1 atom stereocenters. The van der Waals surface area contributed by atoms with Crippen LogP contribution in [0.3, 0.4) is 0 Å². The van der Waals surface area contributed by atoms with E-state index in [0.29, 0.717) is 30.2 Å². The molecular formula is C20H33N9O2. The molecule has 0 aromatic carbocycles. The molecule has 31 heavy (non-hydrogen) atoms. The zero-order chi connectivity index (χ0) is 22.0. The van der Waals surface area contributed by atoms with Crippen LogP contribution in [0.2, 0.25) is 0 Å². The number of nitrogens with zero attached hydrogens (tertiary/aromatic N) is 7. The van der Waals surface area contributed by atoms with Gasteiger partial charge >= 0.3 is 5.69 Å². The molecule has 4 rings (SSSR count).